The van der Waals surface area contributed by atoms with Crippen molar-refractivity contribution in [2.45, 2.75) is 6.54 Å². The van der Waals surface area contributed by atoms with E-state index in [2.05, 4.69) is 9.97 Å². The summed E-state index contributed by atoms with van der Waals surface area (Å²) in [5, 5.41) is 8.93. The quantitative estimate of drug-likeness (QED) is 0.887. The number of carbonyl (C=O) groups is 1. The maximum Gasteiger partial charge on any atom is 0.335 e. The van der Waals surface area contributed by atoms with Gasteiger partial charge in [-0.2, -0.15) is 0 Å². The van der Waals surface area contributed by atoms with Gasteiger partial charge in [-0.1, -0.05) is 0 Å². The van der Waals surface area contributed by atoms with Crippen molar-refractivity contribution in [1.82, 2.24) is 9.97 Å². The largest absolute Gasteiger partial charge is 0.478 e. The lowest BCUT2D eigenvalue weighted by molar-refractivity contribution is 0.0697. The molecular weight excluding hydrogens is 230 g/mol. The molecule has 0 bridgehead atoms. The van der Waals surface area contributed by atoms with Crippen LogP contribution in [0.15, 0.2) is 42.9 Å². The van der Waals surface area contributed by atoms with Gasteiger partial charge in [0.2, 0.25) is 0 Å². The van der Waals surface area contributed by atoms with Gasteiger partial charge in [-0.05, 0) is 29.8 Å². The summed E-state index contributed by atoms with van der Waals surface area (Å²) in [6.07, 6.45) is 4.95. The van der Waals surface area contributed by atoms with Gasteiger partial charge in [-0.3, -0.25) is 4.98 Å². The van der Waals surface area contributed by atoms with Crippen molar-refractivity contribution in [2.24, 2.45) is 0 Å². The molecule has 5 nitrogen and oxygen atoms in total. The molecule has 0 fully saturated rings. The van der Waals surface area contributed by atoms with Crippen molar-refractivity contribution >= 4 is 11.8 Å². The maximum atomic E-state index is 10.9. The van der Waals surface area contributed by atoms with E-state index in [9.17, 15) is 4.79 Å². The molecule has 2 heterocycles. The van der Waals surface area contributed by atoms with Gasteiger partial charge >= 0.3 is 5.97 Å². The Hall–Kier alpha value is -2.43. The fraction of sp³-hybridized carbons (Fsp3) is 0.154. The number of hydrogen-bond donors (Lipinski definition) is 1. The van der Waals surface area contributed by atoms with Crippen LogP contribution in [0.4, 0.5) is 5.82 Å². The second kappa shape index (κ2) is 5.27. The minimum absolute atomic E-state index is 0.238. The molecule has 5 heteroatoms. The van der Waals surface area contributed by atoms with E-state index in [-0.39, 0.29) is 5.56 Å². The first kappa shape index (κ1) is 12.0. The number of hydrogen-bond acceptors (Lipinski definition) is 4. The number of nitrogens with zero attached hydrogens (tertiary/aromatic N) is 3. The first-order valence-corrected chi connectivity index (χ1v) is 5.46. The summed E-state index contributed by atoms with van der Waals surface area (Å²) in [7, 11) is 1.87. The molecule has 2 aromatic rings. The van der Waals surface area contributed by atoms with Gasteiger partial charge in [-0.15, -0.1) is 0 Å². The summed E-state index contributed by atoms with van der Waals surface area (Å²) in [6, 6.07) is 6.87. The monoisotopic (exact) mass is 243 g/mol. The van der Waals surface area contributed by atoms with Crippen LogP contribution in [-0.2, 0) is 6.54 Å². The van der Waals surface area contributed by atoms with E-state index < -0.39 is 5.97 Å². The topological polar surface area (TPSA) is 66.3 Å². The fourth-order valence-corrected chi connectivity index (χ4v) is 1.60. The Kier molecular flexibility index (Phi) is 3.52. The van der Waals surface area contributed by atoms with Gasteiger partial charge in [0.1, 0.15) is 5.82 Å². The lowest BCUT2D eigenvalue weighted by atomic mass is 10.2. The van der Waals surface area contributed by atoms with Crippen molar-refractivity contribution in [3.63, 3.8) is 0 Å². The molecule has 0 aliphatic rings. The number of aromatic nitrogens is 2. The predicted octanol–water partition coefficient (Wildman–Crippen LogP) is 1.81. The molecule has 2 aromatic heterocycles. The zero-order valence-corrected chi connectivity index (χ0v) is 9.95. The predicted molar refractivity (Wildman–Crippen MR) is 67.5 cm³/mol. The Balaban J connectivity index is 2.16. The highest BCUT2D eigenvalue weighted by Gasteiger charge is 2.08. The Morgan fingerprint density at radius 2 is 2.00 bits per heavy atom. The van der Waals surface area contributed by atoms with Gasteiger partial charge in [0, 0.05) is 32.2 Å². The van der Waals surface area contributed by atoms with E-state index in [1.807, 2.05) is 24.1 Å². The third-order valence-corrected chi connectivity index (χ3v) is 2.55. The number of anilines is 1. The third-order valence-electron chi connectivity index (χ3n) is 2.55. The summed E-state index contributed by atoms with van der Waals surface area (Å²) < 4.78 is 0. The molecule has 0 atom stereocenters. The Morgan fingerprint density at radius 1 is 1.28 bits per heavy atom. The Labute approximate surface area is 105 Å². The van der Waals surface area contributed by atoms with Gasteiger partial charge < -0.3 is 10.0 Å². The second-order valence-electron chi connectivity index (χ2n) is 3.92. The standard InChI is InChI=1S/C13H13N3O2/c1-16(9-10-2-5-14-6-3-10)12-8-11(13(17)18)4-7-15-12/h2-8H,9H2,1H3,(H,17,18). The van der Waals surface area contributed by atoms with E-state index >= 15 is 0 Å². The summed E-state index contributed by atoms with van der Waals surface area (Å²) in [5.41, 5.74) is 1.33. The van der Waals surface area contributed by atoms with Crippen LogP contribution in [0.5, 0.6) is 0 Å². The minimum Gasteiger partial charge on any atom is -0.478 e. The SMILES string of the molecule is CN(Cc1ccncc1)c1cc(C(=O)O)ccn1. The lowest BCUT2D eigenvalue weighted by Crippen LogP contribution is -2.18. The number of rotatable bonds is 4. The van der Waals surface area contributed by atoms with Crippen molar-refractivity contribution in [2.75, 3.05) is 11.9 Å². The van der Waals surface area contributed by atoms with Crippen LogP contribution in [0, 0.1) is 0 Å². The van der Waals surface area contributed by atoms with Gasteiger partial charge in [0.05, 0.1) is 5.56 Å². The van der Waals surface area contributed by atoms with E-state index in [1.165, 1.54) is 12.3 Å². The van der Waals surface area contributed by atoms with E-state index in [0.29, 0.717) is 12.4 Å². The van der Waals surface area contributed by atoms with Gasteiger partial charge in [-0.25, -0.2) is 9.78 Å². The van der Waals surface area contributed by atoms with Crippen molar-refractivity contribution in [3.05, 3.63) is 54.0 Å². The number of carboxylic acid groups (broad SMARTS) is 1. The van der Waals surface area contributed by atoms with Crippen LogP contribution >= 0.6 is 0 Å². The molecule has 0 radical (unpaired) electrons. The van der Waals surface area contributed by atoms with Crippen molar-refractivity contribution in [3.8, 4) is 0 Å². The average Bonchev–Trinajstić information content (AvgIpc) is 2.40. The molecule has 92 valence electrons. The zero-order chi connectivity index (χ0) is 13.0. The summed E-state index contributed by atoms with van der Waals surface area (Å²) >= 11 is 0. The molecule has 0 unspecified atom stereocenters. The van der Waals surface area contributed by atoms with E-state index in [4.69, 9.17) is 5.11 Å². The molecular formula is C13H13N3O2. The first-order valence-electron chi connectivity index (χ1n) is 5.46. The van der Waals surface area contributed by atoms with Crippen LogP contribution in [0.2, 0.25) is 0 Å². The molecule has 2 rings (SSSR count). The highest BCUT2D eigenvalue weighted by molar-refractivity contribution is 5.88. The molecule has 0 amide bonds. The van der Waals surface area contributed by atoms with Crippen molar-refractivity contribution < 1.29 is 9.90 Å². The van der Waals surface area contributed by atoms with Crippen LogP contribution in [0.3, 0.4) is 0 Å². The molecule has 0 aromatic carbocycles. The number of pyridine rings is 2. The van der Waals surface area contributed by atoms with Crippen LogP contribution in [0.25, 0.3) is 0 Å². The molecule has 0 saturated heterocycles. The van der Waals surface area contributed by atoms with Crippen molar-refractivity contribution in [1.29, 1.82) is 0 Å². The highest BCUT2D eigenvalue weighted by Crippen LogP contribution is 2.13. The smallest absolute Gasteiger partial charge is 0.335 e. The fourth-order valence-electron chi connectivity index (χ4n) is 1.60. The average molecular weight is 243 g/mol. The minimum atomic E-state index is -0.948. The molecule has 18 heavy (non-hydrogen) atoms. The number of carboxylic acids is 1. The van der Waals surface area contributed by atoms with E-state index in [1.54, 1.807) is 18.5 Å². The van der Waals surface area contributed by atoms with Crippen LogP contribution < -0.4 is 4.90 Å². The summed E-state index contributed by atoms with van der Waals surface area (Å²) in [4.78, 5) is 20.9. The molecule has 0 spiro atoms. The Bertz CT molecular complexity index is 543. The highest BCUT2D eigenvalue weighted by atomic mass is 16.4. The maximum absolute atomic E-state index is 10.9. The molecule has 0 aliphatic heterocycles. The van der Waals surface area contributed by atoms with Gasteiger partial charge in [0.15, 0.2) is 0 Å². The number of aromatic carboxylic acids is 1. The van der Waals surface area contributed by atoms with Gasteiger partial charge in [0.25, 0.3) is 0 Å². The zero-order valence-electron chi connectivity index (χ0n) is 9.95. The van der Waals surface area contributed by atoms with Crippen LogP contribution in [0.1, 0.15) is 15.9 Å². The second-order valence-corrected chi connectivity index (χ2v) is 3.92. The summed E-state index contributed by atoms with van der Waals surface area (Å²) in [6.45, 7) is 0.651. The molecule has 1 N–H and O–H groups in total. The van der Waals surface area contributed by atoms with Crippen LogP contribution in [-0.4, -0.2) is 28.1 Å². The van der Waals surface area contributed by atoms with E-state index in [0.717, 1.165) is 5.56 Å². The Morgan fingerprint density at radius 3 is 2.67 bits per heavy atom. The molecule has 0 saturated carbocycles. The first-order chi connectivity index (χ1) is 8.66. The third kappa shape index (κ3) is 2.82. The lowest BCUT2D eigenvalue weighted by Gasteiger charge is -2.18. The normalized spacial score (nSPS) is 10.1. The molecule has 0 aliphatic carbocycles. The summed E-state index contributed by atoms with van der Waals surface area (Å²) in [5.74, 6) is -0.317.